The topological polar surface area (TPSA) is 173 Å². The Hall–Kier alpha value is -4.49. The van der Waals surface area contributed by atoms with Crippen LogP contribution in [0.1, 0.15) is 83.3 Å². The molecule has 4 amide bonds. The minimum absolute atomic E-state index is 0.0323. The molecular weight excluding hydrogens is 636 g/mol. The molecule has 4 aliphatic heterocycles. The molecule has 0 aromatic heterocycles. The van der Waals surface area contributed by atoms with Gasteiger partial charge in [-0.2, -0.15) is 0 Å². The number of carbonyl (C=O) groups excluding carboxylic acids is 4. The first-order valence-electron chi connectivity index (χ1n) is 17.2. The van der Waals surface area contributed by atoms with Crippen LogP contribution in [0.25, 0.3) is 0 Å². The molecule has 4 heterocycles. The molecule has 1 saturated carbocycles. The van der Waals surface area contributed by atoms with Crippen molar-refractivity contribution in [1.29, 1.82) is 0 Å². The summed E-state index contributed by atoms with van der Waals surface area (Å²) in [5.41, 5.74) is -0.442. The van der Waals surface area contributed by atoms with Gasteiger partial charge in [-0.25, -0.2) is 14.4 Å². The summed E-state index contributed by atoms with van der Waals surface area (Å²) < 4.78 is 23.0. The Morgan fingerprint density at radius 2 is 1.71 bits per heavy atom. The average molecular weight is 683 g/mol. The maximum atomic E-state index is 14.2. The van der Waals surface area contributed by atoms with E-state index in [1.807, 2.05) is 24.3 Å². The number of amides is 4. The van der Waals surface area contributed by atoms with Gasteiger partial charge in [-0.1, -0.05) is 25.0 Å². The Morgan fingerprint density at radius 3 is 2.37 bits per heavy atom. The predicted octanol–water partition coefficient (Wildman–Crippen LogP) is 3.64. The van der Waals surface area contributed by atoms with Crippen molar-refractivity contribution < 1.29 is 48.0 Å². The second-order valence-electron chi connectivity index (χ2n) is 14.6. The number of allylic oxidation sites excluding steroid dienone is 1. The minimum Gasteiger partial charge on any atom is -0.490 e. The van der Waals surface area contributed by atoms with Crippen molar-refractivity contribution in [3.05, 3.63) is 35.4 Å². The highest BCUT2D eigenvalue weighted by Crippen LogP contribution is 2.45. The molecule has 1 saturated heterocycles. The van der Waals surface area contributed by atoms with Gasteiger partial charge in [-0.15, -0.1) is 0 Å². The first-order valence-corrected chi connectivity index (χ1v) is 17.2. The Kier molecular flexibility index (Phi) is 9.67. The van der Waals surface area contributed by atoms with Gasteiger partial charge in [0.05, 0.1) is 19.8 Å². The number of fused-ring (bicyclic) bond motifs is 4. The summed E-state index contributed by atoms with van der Waals surface area (Å²) in [6.07, 6.45) is 5.80. The highest BCUT2D eigenvalue weighted by Gasteiger charge is 2.61. The van der Waals surface area contributed by atoms with Crippen LogP contribution in [0.2, 0.25) is 0 Å². The Balaban J connectivity index is 1.20. The monoisotopic (exact) mass is 682 g/mol. The average Bonchev–Trinajstić information content (AvgIpc) is 3.42. The molecule has 6 rings (SSSR count). The Labute approximate surface area is 285 Å². The summed E-state index contributed by atoms with van der Waals surface area (Å²) in [6, 6.07) is 1.64. The highest BCUT2D eigenvalue weighted by atomic mass is 16.6. The van der Waals surface area contributed by atoms with E-state index in [0.29, 0.717) is 50.6 Å². The van der Waals surface area contributed by atoms with Crippen LogP contribution in [0.15, 0.2) is 24.3 Å². The molecular formula is C35H46N4O10. The molecule has 5 atom stereocenters. The van der Waals surface area contributed by atoms with E-state index < -0.39 is 59.3 Å². The zero-order valence-electron chi connectivity index (χ0n) is 28.3. The molecule has 0 radical (unpaired) electrons. The van der Waals surface area contributed by atoms with Gasteiger partial charge in [-0.05, 0) is 69.7 Å². The van der Waals surface area contributed by atoms with Crippen molar-refractivity contribution in [2.75, 3.05) is 19.8 Å². The quantitative estimate of drug-likeness (QED) is 0.400. The number of carboxylic acid groups (broad SMARTS) is 1. The number of hydrogen-bond acceptors (Lipinski definition) is 9. The fraction of sp³-hybridized carbons (Fsp3) is 0.629. The van der Waals surface area contributed by atoms with E-state index in [4.69, 9.17) is 18.9 Å². The number of aliphatic carboxylic acids is 1. The van der Waals surface area contributed by atoms with E-state index in [2.05, 4.69) is 10.6 Å². The minimum atomic E-state index is -1.47. The maximum absolute atomic E-state index is 14.2. The van der Waals surface area contributed by atoms with Crippen LogP contribution < -0.4 is 20.1 Å². The first kappa shape index (κ1) is 34.4. The molecule has 14 heteroatoms. The number of nitrogens with one attached hydrogen (secondary N) is 2. The molecule has 0 bridgehead atoms. The molecule has 1 aromatic rings. The summed E-state index contributed by atoms with van der Waals surface area (Å²) in [5.74, 6) is -1.42. The zero-order chi connectivity index (χ0) is 34.9. The van der Waals surface area contributed by atoms with Crippen LogP contribution in [-0.4, -0.2) is 94.0 Å². The second-order valence-corrected chi connectivity index (χ2v) is 14.6. The lowest BCUT2D eigenvalue weighted by molar-refractivity contribution is -0.145. The number of carboxylic acids is 1. The van der Waals surface area contributed by atoms with E-state index in [-0.39, 0.29) is 25.3 Å². The van der Waals surface area contributed by atoms with Crippen LogP contribution in [-0.2, 0) is 36.9 Å². The summed E-state index contributed by atoms with van der Waals surface area (Å²) in [7, 11) is 0. The van der Waals surface area contributed by atoms with Crippen molar-refractivity contribution in [1.82, 2.24) is 20.4 Å². The number of rotatable bonds is 3. The van der Waals surface area contributed by atoms with Gasteiger partial charge < -0.3 is 39.6 Å². The molecule has 5 aliphatic rings. The smallest absolute Gasteiger partial charge is 0.410 e. The summed E-state index contributed by atoms with van der Waals surface area (Å²) >= 11 is 0. The molecule has 3 N–H and O–H groups in total. The molecule has 14 nitrogen and oxygen atoms in total. The lowest BCUT2D eigenvalue weighted by Gasteiger charge is -2.30. The van der Waals surface area contributed by atoms with Crippen LogP contribution in [0.3, 0.4) is 0 Å². The summed E-state index contributed by atoms with van der Waals surface area (Å²) in [4.78, 5) is 69.5. The molecule has 0 spiro atoms. The van der Waals surface area contributed by atoms with Crippen LogP contribution in [0.5, 0.6) is 11.5 Å². The zero-order valence-corrected chi connectivity index (χ0v) is 28.3. The lowest BCUT2D eigenvalue weighted by atomic mass is 10.0. The molecule has 2 fully saturated rings. The van der Waals surface area contributed by atoms with Gasteiger partial charge in [0, 0.05) is 31.8 Å². The third-order valence-corrected chi connectivity index (χ3v) is 9.63. The van der Waals surface area contributed by atoms with Gasteiger partial charge in [0.25, 0.3) is 0 Å². The van der Waals surface area contributed by atoms with Crippen LogP contribution in [0, 0.1) is 5.92 Å². The number of benzene rings is 1. The SMILES string of the molecule is CC(C)(C)OC(=O)N[C@H]1CCCCC/C=C\[C@@H]2C[C@@]2(C(=O)O)NC(=O)[C@@H]2C[C@@H](OC(=O)N3Cc4cc5c(cc4C3)OCCCO5)CN2C1=O. The van der Waals surface area contributed by atoms with Crippen molar-refractivity contribution >= 4 is 30.0 Å². The standard InChI is InChI=1S/C35H46N4O10/c1-34(2,3)49-32(44)36-25-11-8-6-4-5-7-10-23-17-35(23,31(42)43)37-29(40)26-16-24(20-39(26)30(25)41)48-33(45)38-18-21-14-27-28(15-22(21)19-38)47-13-9-12-46-27/h7,10,14-15,23-26H,4-6,8-9,11-13,16-20H2,1-3H3,(H,36,44)(H,37,40)(H,42,43)/b10-7-/t23-,24-,25+,26+,35-/m1/s1. The van der Waals surface area contributed by atoms with Crippen LogP contribution in [0.4, 0.5) is 9.59 Å². The fourth-order valence-electron chi connectivity index (χ4n) is 7.00. The van der Waals surface area contributed by atoms with E-state index in [0.717, 1.165) is 36.8 Å². The van der Waals surface area contributed by atoms with Crippen molar-refractivity contribution in [2.24, 2.45) is 5.92 Å². The van der Waals surface area contributed by atoms with Crippen LogP contribution >= 0.6 is 0 Å². The maximum Gasteiger partial charge on any atom is 0.410 e. The van der Waals surface area contributed by atoms with E-state index in [9.17, 15) is 29.1 Å². The summed E-state index contributed by atoms with van der Waals surface area (Å²) in [6.45, 7) is 6.73. The molecule has 266 valence electrons. The molecule has 1 aliphatic carbocycles. The fourth-order valence-corrected chi connectivity index (χ4v) is 7.00. The predicted molar refractivity (Wildman–Crippen MR) is 174 cm³/mol. The first-order chi connectivity index (χ1) is 23.3. The van der Waals surface area contributed by atoms with Gasteiger partial charge in [0.15, 0.2) is 11.5 Å². The van der Waals surface area contributed by atoms with E-state index >= 15 is 0 Å². The lowest BCUT2D eigenvalue weighted by Crippen LogP contribution is -2.56. The Bertz CT molecular complexity index is 1490. The van der Waals surface area contributed by atoms with Crippen molar-refractivity contribution in [3.63, 3.8) is 0 Å². The van der Waals surface area contributed by atoms with E-state index in [1.165, 1.54) is 9.80 Å². The summed E-state index contributed by atoms with van der Waals surface area (Å²) in [5, 5.41) is 15.5. The van der Waals surface area contributed by atoms with Gasteiger partial charge >= 0.3 is 18.2 Å². The van der Waals surface area contributed by atoms with Crippen molar-refractivity contribution in [2.45, 2.75) is 115 Å². The number of alkyl carbamates (subject to hydrolysis) is 1. The van der Waals surface area contributed by atoms with Gasteiger partial charge in [0.2, 0.25) is 11.8 Å². The number of nitrogens with zero attached hydrogens (tertiary/aromatic N) is 2. The number of carbonyl (C=O) groups is 5. The molecule has 49 heavy (non-hydrogen) atoms. The molecule has 0 unspecified atom stereocenters. The Morgan fingerprint density at radius 1 is 1.02 bits per heavy atom. The number of hydrogen-bond donors (Lipinski definition) is 3. The third kappa shape index (κ3) is 7.73. The van der Waals surface area contributed by atoms with Crippen molar-refractivity contribution in [3.8, 4) is 11.5 Å². The number of ether oxygens (including phenoxy) is 4. The van der Waals surface area contributed by atoms with Gasteiger partial charge in [0.1, 0.15) is 29.3 Å². The largest absolute Gasteiger partial charge is 0.490 e. The molecule has 1 aromatic carbocycles. The highest BCUT2D eigenvalue weighted by molar-refractivity contribution is 5.96. The third-order valence-electron chi connectivity index (χ3n) is 9.63. The normalized spacial score (nSPS) is 29.1. The second kappa shape index (κ2) is 13.8. The van der Waals surface area contributed by atoms with E-state index in [1.54, 1.807) is 20.8 Å². The van der Waals surface area contributed by atoms with Gasteiger partial charge in [-0.3, -0.25) is 14.5 Å².